The number of amides is 1. The van der Waals surface area contributed by atoms with Gasteiger partial charge in [0.05, 0.1) is 11.4 Å². The summed E-state index contributed by atoms with van der Waals surface area (Å²) < 4.78 is 11.6. The molecule has 1 aromatic heterocycles. The van der Waals surface area contributed by atoms with Gasteiger partial charge in [0.1, 0.15) is 11.4 Å². The monoisotopic (exact) mass is 488 g/mol. The second-order valence-electron chi connectivity index (χ2n) is 10.7. The summed E-state index contributed by atoms with van der Waals surface area (Å²) in [6.07, 6.45) is 0.816. The van der Waals surface area contributed by atoms with E-state index in [1.165, 1.54) is 11.1 Å². The summed E-state index contributed by atoms with van der Waals surface area (Å²) in [7, 11) is 0. The smallest absolute Gasteiger partial charge is 0.311 e. The Bertz CT molecular complexity index is 1280. The van der Waals surface area contributed by atoms with Crippen molar-refractivity contribution in [3.63, 3.8) is 0 Å². The predicted octanol–water partition coefficient (Wildman–Crippen LogP) is 5.87. The van der Waals surface area contributed by atoms with E-state index in [1.807, 2.05) is 58.0 Å². The molecule has 1 fully saturated rings. The maximum absolute atomic E-state index is 13.2. The van der Waals surface area contributed by atoms with Gasteiger partial charge in [0.25, 0.3) is 5.91 Å². The van der Waals surface area contributed by atoms with Crippen LogP contribution in [0.1, 0.15) is 51.8 Å². The molecule has 1 aliphatic heterocycles. The van der Waals surface area contributed by atoms with Gasteiger partial charge in [-0.05, 0) is 89.3 Å². The van der Waals surface area contributed by atoms with Crippen molar-refractivity contribution in [2.24, 2.45) is 5.92 Å². The third-order valence-corrected chi connectivity index (χ3v) is 6.48. The minimum absolute atomic E-state index is 0.124. The first-order valence-corrected chi connectivity index (χ1v) is 12.7. The number of esters is 1. The zero-order chi connectivity index (χ0) is 26.0. The van der Waals surface area contributed by atoms with Crippen molar-refractivity contribution >= 4 is 22.8 Å². The van der Waals surface area contributed by atoms with Crippen LogP contribution in [0.3, 0.4) is 0 Å². The van der Waals surface area contributed by atoms with E-state index in [2.05, 4.69) is 25.1 Å². The van der Waals surface area contributed by atoms with Crippen LogP contribution >= 0.6 is 0 Å². The average molecular weight is 489 g/mol. The molecule has 2 heterocycles. The molecule has 0 unspecified atom stereocenters. The Morgan fingerprint density at radius 2 is 1.81 bits per heavy atom. The van der Waals surface area contributed by atoms with Crippen molar-refractivity contribution in [2.45, 2.75) is 66.1 Å². The Morgan fingerprint density at radius 3 is 2.53 bits per heavy atom. The number of nitrogens with zero attached hydrogens (tertiary/aromatic N) is 2. The van der Waals surface area contributed by atoms with Gasteiger partial charge in [-0.3, -0.25) is 14.6 Å². The first-order chi connectivity index (χ1) is 17.0. The lowest BCUT2D eigenvalue weighted by Crippen LogP contribution is -2.48. The van der Waals surface area contributed by atoms with Gasteiger partial charge in [0.15, 0.2) is 6.10 Å². The predicted molar refractivity (Wildman–Crippen MR) is 142 cm³/mol. The van der Waals surface area contributed by atoms with Crippen LogP contribution in [-0.4, -0.2) is 46.6 Å². The second kappa shape index (κ2) is 10.3. The summed E-state index contributed by atoms with van der Waals surface area (Å²) in [6.45, 7) is 12.4. The van der Waals surface area contributed by atoms with E-state index in [0.29, 0.717) is 18.8 Å². The van der Waals surface area contributed by atoms with Gasteiger partial charge in [-0.2, -0.15) is 0 Å². The molecule has 0 radical (unpaired) electrons. The number of carbonyl (C=O) groups is 2. The Morgan fingerprint density at radius 1 is 1.06 bits per heavy atom. The minimum atomic E-state index is -0.680. The number of aryl methyl sites for hydroxylation is 2. The summed E-state index contributed by atoms with van der Waals surface area (Å²) in [6, 6.07) is 16.2. The van der Waals surface area contributed by atoms with Crippen molar-refractivity contribution in [3.05, 3.63) is 59.8 Å². The molecule has 2 aromatic carbocycles. The third kappa shape index (κ3) is 5.86. The summed E-state index contributed by atoms with van der Waals surface area (Å²) in [4.78, 5) is 32.2. The van der Waals surface area contributed by atoms with E-state index in [-0.39, 0.29) is 17.8 Å². The first-order valence-electron chi connectivity index (χ1n) is 12.7. The number of pyridine rings is 1. The molecule has 4 rings (SSSR count). The number of rotatable bonds is 5. The molecule has 190 valence electrons. The minimum Gasteiger partial charge on any atom is -0.481 e. The molecule has 6 nitrogen and oxygen atoms in total. The maximum Gasteiger partial charge on any atom is 0.311 e. The highest BCUT2D eigenvalue weighted by molar-refractivity contribution is 5.96. The number of piperidine rings is 1. The first kappa shape index (κ1) is 25.7. The number of benzene rings is 2. The quantitative estimate of drug-likeness (QED) is 0.421. The molecule has 2 atom stereocenters. The standard InChI is InChI=1S/C30H36N2O4/c1-19-10-7-8-12-24(19)26-16-20(2)31-27-17-23(13-14-25(26)27)35-21(3)28(33)32-15-9-11-22(18-32)29(34)36-30(4,5)6/h7-8,10,12-14,16-17,21-22H,9,11,15,18H2,1-6H3/t21-,22+/m1/s1. The number of aromatic nitrogens is 1. The molecule has 1 saturated heterocycles. The van der Waals surface area contributed by atoms with Crippen molar-refractivity contribution in [3.8, 4) is 16.9 Å². The normalized spacial score (nSPS) is 17.1. The van der Waals surface area contributed by atoms with Crippen LogP contribution in [0.25, 0.3) is 22.0 Å². The summed E-state index contributed by atoms with van der Waals surface area (Å²) >= 11 is 0. The Balaban J connectivity index is 1.50. The summed E-state index contributed by atoms with van der Waals surface area (Å²) in [5.41, 5.74) is 4.72. The number of ether oxygens (including phenoxy) is 2. The van der Waals surface area contributed by atoms with Crippen molar-refractivity contribution < 1.29 is 19.1 Å². The number of hydrogen-bond acceptors (Lipinski definition) is 5. The average Bonchev–Trinajstić information content (AvgIpc) is 2.82. The van der Waals surface area contributed by atoms with Crippen LogP contribution in [0, 0.1) is 19.8 Å². The Kier molecular flexibility index (Phi) is 7.34. The van der Waals surface area contributed by atoms with Crippen LogP contribution < -0.4 is 4.74 Å². The Labute approximate surface area is 213 Å². The lowest BCUT2D eigenvalue weighted by Gasteiger charge is -2.34. The van der Waals surface area contributed by atoms with E-state index in [1.54, 1.807) is 11.8 Å². The number of carbonyl (C=O) groups excluding carboxylic acids is 2. The Hall–Kier alpha value is -3.41. The van der Waals surface area contributed by atoms with Gasteiger partial charge < -0.3 is 14.4 Å². The molecule has 6 heteroatoms. The molecular weight excluding hydrogens is 452 g/mol. The molecule has 0 bridgehead atoms. The van der Waals surface area contributed by atoms with Crippen LogP contribution in [0.2, 0.25) is 0 Å². The number of fused-ring (bicyclic) bond motifs is 1. The summed E-state index contributed by atoms with van der Waals surface area (Å²) in [5, 5.41) is 1.04. The molecule has 1 aliphatic rings. The molecule has 36 heavy (non-hydrogen) atoms. The number of likely N-dealkylation sites (tertiary alicyclic amines) is 1. The lowest BCUT2D eigenvalue weighted by molar-refractivity contribution is -0.163. The fourth-order valence-electron chi connectivity index (χ4n) is 4.78. The highest BCUT2D eigenvalue weighted by Crippen LogP contribution is 2.33. The van der Waals surface area contributed by atoms with Gasteiger partial charge in [0, 0.05) is 30.2 Å². The topological polar surface area (TPSA) is 68.7 Å². The van der Waals surface area contributed by atoms with Crippen LogP contribution in [-0.2, 0) is 14.3 Å². The van der Waals surface area contributed by atoms with Crippen LogP contribution in [0.4, 0.5) is 0 Å². The van der Waals surface area contributed by atoms with Crippen molar-refractivity contribution in [2.75, 3.05) is 13.1 Å². The largest absolute Gasteiger partial charge is 0.481 e. The zero-order valence-electron chi connectivity index (χ0n) is 22.1. The molecule has 0 aliphatic carbocycles. The van der Waals surface area contributed by atoms with Gasteiger partial charge >= 0.3 is 5.97 Å². The van der Waals surface area contributed by atoms with Gasteiger partial charge in [-0.15, -0.1) is 0 Å². The van der Waals surface area contributed by atoms with E-state index < -0.39 is 11.7 Å². The van der Waals surface area contributed by atoms with E-state index >= 15 is 0 Å². The van der Waals surface area contributed by atoms with Crippen molar-refractivity contribution in [1.82, 2.24) is 9.88 Å². The van der Waals surface area contributed by atoms with Gasteiger partial charge in [0.2, 0.25) is 0 Å². The third-order valence-electron chi connectivity index (χ3n) is 6.48. The molecule has 3 aromatic rings. The van der Waals surface area contributed by atoms with Crippen LogP contribution in [0.5, 0.6) is 5.75 Å². The summed E-state index contributed by atoms with van der Waals surface area (Å²) in [5.74, 6) is -0.0742. The fraction of sp³-hybridized carbons (Fsp3) is 0.433. The molecule has 0 saturated carbocycles. The SMILES string of the molecule is Cc1cc(-c2ccccc2C)c2ccc(O[C@H](C)C(=O)N3CCC[C@H](C(=O)OC(C)(C)C)C3)cc2n1. The van der Waals surface area contributed by atoms with E-state index in [0.717, 1.165) is 35.0 Å². The van der Waals surface area contributed by atoms with Gasteiger partial charge in [-0.25, -0.2) is 0 Å². The molecule has 0 N–H and O–H groups in total. The van der Waals surface area contributed by atoms with Crippen LogP contribution in [0.15, 0.2) is 48.5 Å². The van der Waals surface area contributed by atoms with E-state index in [9.17, 15) is 9.59 Å². The lowest BCUT2D eigenvalue weighted by atomic mass is 9.96. The van der Waals surface area contributed by atoms with E-state index in [4.69, 9.17) is 14.5 Å². The highest BCUT2D eigenvalue weighted by Gasteiger charge is 2.33. The van der Waals surface area contributed by atoms with Crippen molar-refractivity contribution in [1.29, 1.82) is 0 Å². The number of hydrogen-bond donors (Lipinski definition) is 0. The fourth-order valence-corrected chi connectivity index (χ4v) is 4.78. The highest BCUT2D eigenvalue weighted by atomic mass is 16.6. The zero-order valence-corrected chi connectivity index (χ0v) is 22.1. The van der Waals surface area contributed by atoms with Gasteiger partial charge in [-0.1, -0.05) is 24.3 Å². The second-order valence-corrected chi connectivity index (χ2v) is 10.7. The molecular formula is C30H36N2O4. The molecule has 0 spiro atoms. The maximum atomic E-state index is 13.2. The molecule has 1 amide bonds.